The molecule has 0 spiro atoms. The molecule has 12 nitrogen and oxygen atoms in total. The third-order valence-corrected chi connectivity index (χ3v) is 14.2. The van der Waals surface area contributed by atoms with Gasteiger partial charge in [-0.3, -0.25) is 4.99 Å². The number of nitrogens with one attached hydrogen (secondary N) is 1. The number of benzene rings is 5. The molecule has 0 fully saturated rings. The molecule has 2 unspecified atom stereocenters. The van der Waals surface area contributed by atoms with Gasteiger partial charge in [0.2, 0.25) is 10.0 Å². The van der Waals surface area contributed by atoms with Crippen molar-refractivity contribution in [2.24, 2.45) is 21.1 Å². The van der Waals surface area contributed by atoms with E-state index in [1.54, 1.807) is 18.2 Å². The SMILES string of the molecule is CC1=CC(C)(C)NC2=CC3Oc4cc5c(cc4=C(c4ccccc4C(=O)OCCN(C)S(=O)(=O)c4ccc6c(N=Nc7cc(Cl)ccc7O)c(O)ccc6c4)C3C=C12)C(C)=CC(C)(C)N=5. The molecule has 0 amide bonds. The number of carbonyl (C=O) groups is 1. The lowest BCUT2D eigenvalue weighted by Gasteiger charge is -2.40. The summed E-state index contributed by atoms with van der Waals surface area (Å²) in [6, 6.07) is 23.2. The molecular weight excluding hydrogens is 862 g/mol. The lowest BCUT2D eigenvalue weighted by atomic mass is 9.76. The molecule has 9 rings (SSSR count). The predicted octanol–water partition coefficient (Wildman–Crippen LogP) is 9.34. The van der Waals surface area contributed by atoms with E-state index in [9.17, 15) is 23.4 Å². The number of likely N-dealkylation sites (N-methyl/N-ethyl adjacent to an activating group) is 1. The Balaban J connectivity index is 1.00. The second-order valence-electron chi connectivity index (χ2n) is 18.0. The Labute approximate surface area is 382 Å². The van der Waals surface area contributed by atoms with E-state index in [0.29, 0.717) is 32.7 Å². The first kappa shape index (κ1) is 43.7. The highest BCUT2D eigenvalue weighted by molar-refractivity contribution is 7.89. The van der Waals surface area contributed by atoms with Gasteiger partial charge in [-0.25, -0.2) is 13.2 Å². The molecule has 1 aliphatic carbocycles. The van der Waals surface area contributed by atoms with E-state index in [1.165, 1.54) is 49.5 Å². The van der Waals surface area contributed by atoms with Crippen molar-refractivity contribution in [3.63, 3.8) is 0 Å². The highest BCUT2D eigenvalue weighted by Gasteiger charge is 2.39. The van der Waals surface area contributed by atoms with Crippen LogP contribution in [0.3, 0.4) is 0 Å². The van der Waals surface area contributed by atoms with Crippen molar-refractivity contribution in [3.8, 4) is 17.2 Å². The lowest BCUT2D eigenvalue weighted by Crippen LogP contribution is -2.45. The summed E-state index contributed by atoms with van der Waals surface area (Å²) in [7, 11) is -2.65. The van der Waals surface area contributed by atoms with Crippen LogP contribution in [-0.2, 0) is 14.8 Å². The third kappa shape index (κ3) is 8.24. The number of rotatable bonds is 9. The normalized spacial score (nSPS) is 19.3. The van der Waals surface area contributed by atoms with Crippen LogP contribution in [0.5, 0.6) is 17.2 Å². The molecule has 2 atom stereocenters. The molecule has 3 heterocycles. The van der Waals surface area contributed by atoms with E-state index >= 15 is 0 Å². The maximum absolute atomic E-state index is 14.2. The number of allylic oxidation sites excluding steroid dienone is 2. The predicted molar refractivity (Wildman–Crippen MR) is 252 cm³/mol. The molecule has 4 aliphatic rings. The molecule has 3 N–H and O–H groups in total. The number of hydrogen-bond acceptors (Lipinski definition) is 11. The second kappa shape index (κ2) is 16.2. The zero-order chi connectivity index (χ0) is 46.2. The molecule has 0 aromatic heterocycles. The summed E-state index contributed by atoms with van der Waals surface area (Å²) in [6.45, 7) is 12.3. The Kier molecular flexibility index (Phi) is 10.9. The first-order valence-electron chi connectivity index (χ1n) is 21.2. The smallest absolute Gasteiger partial charge is 0.338 e. The molecule has 0 saturated heterocycles. The van der Waals surface area contributed by atoms with Crippen molar-refractivity contribution in [2.45, 2.75) is 63.6 Å². The standard InChI is InChI=1S/C51H48ClN5O7S/c1-28-26-50(3,4)53-40-24-45-38(22-36(28)40)47(39-23-37-29(2)27-51(5,6)54-41(37)25-46(39)64-45)34-10-8-9-11-35(34)49(60)63-19-18-57(7)65(61,62)32-14-15-33-30(20-32)12-16-44(59)48(33)56-55-42-21-31(52)13-17-43(42)58/h8-17,20-27,38,45,53,58-59H,18-19H2,1-7H3. The number of aromatic hydroxyl groups is 2. The van der Waals surface area contributed by atoms with Gasteiger partial charge in [0.1, 0.15) is 41.3 Å². The van der Waals surface area contributed by atoms with E-state index in [0.717, 1.165) is 48.4 Å². The molecule has 0 bridgehead atoms. The monoisotopic (exact) mass is 909 g/mol. The number of hydrogen-bond donors (Lipinski definition) is 3. The molecular formula is C51H48ClN5O7S. The molecule has 0 saturated carbocycles. The summed E-state index contributed by atoms with van der Waals surface area (Å²) in [5.74, 6) is -0.530. The van der Waals surface area contributed by atoms with E-state index in [-0.39, 0.29) is 64.0 Å². The fourth-order valence-corrected chi connectivity index (χ4v) is 10.5. The molecule has 3 aliphatic heterocycles. The Morgan fingerprint density at radius 3 is 2.48 bits per heavy atom. The van der Waals surface area contributed by atoms with Crippen LogP contribution in [0.2, 0.25) is 5.02 Å². The number of fused-ring (bicyclic) bond motifs is 5. The van der Waals surface area contributed by atoms with E-state index in [2.05, 4.69) is 87.5 Å². The first-order chi connectivity index (χ1) is 30.8. The fraction of sp³-hybridized carbons (Fsp3) is 0.255. The average Bonchev–Trinajstić information content (AvgIpc) is 3.24. The van der Waals surface area contributed by atoms with Crippen molar-refractivity contribution in [2.75, 3.05) is 20.2 Å². The van der Waals surface area contributed by atoms with Crippen LogP contribution < -0.4 is 20.6 Å². The number of azo groups is 1. The molecule has 0 radical (unpaired) electrons. The van der Waals surface area contributed by atoms with Crippen molar-refractivity contribution >= 4 is 60.9 Å². The zero-order valence-electron chi connectivity index (χ0n) is 37.0. The van der Waals surface area contributed by atoms with Gasteiger partial charge < -0.3 is 25.0 Å². The van der Waals surface area contributed by atoms with Crippen LogP contribution in [0, 0.1) is 5.92 Å². The summed E-state index contributed by atoms with van der Waals surface area (Å²) >= 11 is 6.05. The van der Waals surface area contributed by atoms with Crippen LogP contribution in [-0.4, -0.2) is 66.3 Å². The number of phenolic OH excluding ortho intramolecular Hbond substituents is 2. The molecule has 5 aromatic carbocycles. The van der Waals surface area contributed by atoms with Gasteiger partial charge in [0.05, 0.1) is 26.9 Å². The van der Waals surface area contributed by atoms with Gasteiger partial charge in [-0.1, -0.05) is 60.2 Å². The van der Waals surface area contributed by atoms with Crippen molar-refractivity contribution in [1.82, 2.24) is 9.62 Å². The maximum Gasteiger partial charge on any atom is 0.338 e. The largest absolute Gasteiger partial charge is 0.506 e. The van der Waals surface area contributed by atoms with Gasteiger partial charge in [-0.15, -0.1) is 10.2 Å². The van der Waals surface area contributed by atoms with E-state index < -0.39 is 16.0 Å². The van der Waals surface area contributed by atoms with Crippen molar-refractivity contribution < 1.29 is 32.9 Å². The third-order valence-electron chi connectivity index (χ3n) is 12.1. The Morgan fingerprint density at radius 2 is 1.68 bits per heavy atom. The number of halogens is 1. The topological polar surface area (TPSA) is 162 Å². The van der Waals surface area contributed by atoms with Gasteiger partial charge in [-0.05, 0) is 129 Å². The van der Waals surface area contributed by atoms with Crippen LogP contribution in [0.15, 0.2) is 146 Å². The van der Waals surface area contributed by atoms with Crippen molar-refractivity contribution in [1.29, 1.82) is 0 Å². The summed E-state index contributed by atoms with van der Waals surface area (Å²) in [4.78, 5) is 19.2. The van der Waals surface area contributed by atoms with Gasteiger partial charge in [0.25, 0.3) is 0 Å². The number of esters is 1. The van der Waals surface area contributed by atoms with Crippen LogP contribution in [0.1, 0.15) is 63.0 Å². The molecule has 5 aromatic rings. The Morgan fingerprint density at radius 1 is 0.908 bits per heavy atom. The van der Waals surface area contributed by atoms with Gasteiger partial charge >= 0.3 is 5.97 Å². The minimum absolute atomic E-state index is 0.0152. The average molecular weight is 910 g/mol. The minimum Gasteiger partial charge on any atom is -0.506 e. The van der Waals surface area contributed by atoms with Crippen LogP contribution in [0.4, 0.5) is 11.4 Å². The number of phenols is 2. The van der Waals surface area contributed by atoms with Crippen LogP contribution in [0.25, 0.3) is 21.9 Å². The zero-order valence-corrected chi connectivity index (χ0v) is 38.5. The van der Waals surface area contributed by atoms with Gasteiger partial charge in [0, 0.05) is 52.5 Å². The number of carbonyl (C=O) groups excluding carboxylic acids is 1. The van der Waals surface area contributed by atoms with Crippen LogP contribution >= 0.6 is 11.6 Å². The minimum atomic E-state index is -4.07. The number of ether oxygens (including phenoxy) is 2. The number of nitrogens with zero attached hydrogens (tertiary/aromatic N) is 4. The first-order valence-corrected chi connectivity index (χ1v) is 23.1. The van der Waals surface area contributed by atoms with Gasteiger partial charge in [-0.2, -0.15) is 4.31 Å². The lowest BCUT2D eigenvalue weighted by molar-refractivity contribution is 0.0493. The highest BCUT2D eigenvalue weighted by atomic mass is 35.5. The van der Waals surface area contributed by atoms with E-state index in [1.807, 2.05) is 18.2 Å². The van der Waals surface area contributed by atoms with Gasteiger partial charge in [0.15, 0.2) is 0 Å². The summed E-state index contributed by atoms with van der Waals surface area (Å²) < 4.78 is 41.6. The molecule has 65 heavy (non-hydrogen) atoms. The molecule has 332 valence electrons. The van der Waals surface area contributed by atoms with E-state index in [4.69, 9.17) is 26.1 Å². The maximum atomic E-state index is 14.2. The Hall–Kier alpha value is -6.54. The van der Waals surface area contributed by atoms with Crippen molar-refractivity contribution in [3.05, 3.63) is 158 Å². The highest BCUT2D eigenvalue weighted by Crippen LogP contribution is 2.43. The second-order valence-corrected chi connectivity index (χ2v) is 20.5. The Bertz CT molecular complexity index is 3280. The molecule has 14 heteroatoms. The summed E-state index contributed by atoms with van der Waals surface area (Å²) in [5, 5.41) is 35.6. The number of sulfonamides is 1. The summed E-state index contributed by atoms with van der Waals surface area (Å²) in [6.07, 6.45) is 8.36. The fourth-order valence-electron chi connectivity index (χ4n) is 9.19. The summed E-state index contributed by atoms with van der Waals surface area (Å²) in [5.41, 5.74) is 6.82. The quantitative estimate of drug-likeness (QED) is 0.0974.